The highest BCUT2D eigenvalue weighted by molar-refractivity contribution is 5.10. The Balaban J connectivity index is 2.30. The smallest absolute Gasteiger partial charge is 0.240 e. The molecule has 2 rings (SSSR count). The molecule has 2 aliphatic rings. The van der Waals surface area contributed by atoms with Crippen molar-refractivity contribution >= 4 is 0 Å². The van der Waals surface area contributed by atoms with Crippen LogP contribution in [0.1, 0.15) is 70.6 Å². The van der Waals surface area contributed by atoms with Gasteiger partial charge in [0, 0.05) is 6.42 Å². The van der Waals surface area contributed by atoms with Crippen molar-refractivity contribution in [3.8, 4) is 0 Å². The van der Waals surface area contributed by atoms with Crippen LogP contribution in [0.3, 0.4) is 0 Å². The summed E-state index contributed by atoms with van der Waals surface area (Å²) < 4.78 is 58.0. The van der Waals surface area contributed by atoms with Crippen LogP contribution in [0.2, 0.25) is 0 Å². The second kappa shape index (κ2) is 5.01. The molecule has 0 heterocycles. The lowest BCUT2D eigenvalue weighted by atomic mass is 9.73. The van der Waals surface area contributed by atoms with Gasteiger partial charge in [0.2, 0.25) is 5.67 Å². The highest BCUT2D eigenvalue weighted by Crippen LogP contribution is 2.54. The van der Waals surface area contributed by atoms with E-state index in [-0.39, 0.29) is 19.3 Å². The minimum absolute atomic E-state index is 0.0426. The third kappa shape index (κ3) is 2.27. The van der Waals surface area contributed by atoms with Gasteiger partial charge in [-0.15, -0.1) is 0 Å². The van der Waals surface area contributed by atoms with Gasteiger partial charge in [-0.25, -0.2) is 17.6 Å². The molecular weight excluding hydrogens is 244 g/mol. The zero-order valence-electron chi connectivity index (χ0n) is 10.8. The summed E-state index contributed by atoms with van der Waals surface area (Å²) in [6.07, 6.45) is 3.05. The fourth-order valence-corrected chi connectivity index (χ4v) is 3.51. The first-order valence-corrected chi connectivity index (χ1v) is 7.17. The Kier molecular flexibility index (Phi) is 3.93. The second-order valence-corrected chi connectivity index (χ2v) is 5.95. The van der Waals surface area contributed by atoms with Gasteiger partial charge in [0.05, 0.1) is 0 Å². The minimum atomic E-state index is -3.51. The van der Waals surface area contributed by atoms with E-state index in [9.17, 15) is 17.6 Å². The zero-order valence-corrected chi connectivity index (χ0v) is 10.8. The average Bonchev–Trinajstić information content (AvgIpc) is 2.60. The molecule has 2 fully saturated rings. The Hall–Kier alpha value is -0.280. The molecule has 4 heteroatoms. The Morgan fingerprint density at radius 2 is 0.944 bits per heavy atom. The van der Waals surface area contributed by atoms with Crippen molar-refractivity contribution in [2.75, 3.05) is 0 Å². The van der Waals surface area contributed by atoms with Crippen molar-refractivity contribution in [3.05, 3.63) is 0 Å². The third-order valence-corrected chi connectivity index (χ3v) is 4.70. The van der Waals surface area contributed by atoms with Gasteiger partial charge < -0.3 is 0 Å². The Labute approximate surface area is 106 Å². The lowest BCUT2D eigenvalue weighted by Gasteiger charge is -2.43. The molecule has 2 saturated carbocycles. The van der Waals surface area contributed by atoms with Crippen molar-refractivity contribution in [2.24, 2.45) is 0 Å². The maximum Gasteiger partial charge on any atom is 0.284 e. The molecule has 106 valence electrons. The van der Waals surface area contributed by atoms with E-state index < -0.39 is 23.7 Å². The molecule has 0 saturated heterocycles. The molecule has 2 aliphatic carbocycles. The molecule has 0 aliphatic heterocycles. The summed E-state index contributed by atoms with van der Waals surface area (Å²) >= 11 is 0. The lowest BCUT2D eigenvalue weighted by molar-refractivity contribution is -0.210. The summed E-state index contributed by atoms with van der Waals surface area (Å²) in [7, 11) is 0. The standard InChI is InChI=1S/C14H22F4/c15-12(8-4-1-2-5-9-12)13(16)10-6-3-7-11-14(13,17)18/h1-11H2. The van der Waals surface area contributed by atoms with Crippen LogP contribution in [0.25, 0.3) is 0 Å². The molecule has 0 bridgehead atoms. The highest BCUT2D eigenvalue weighted by atomic mass is 19.3. The summed E-state index contributed by atoms with van der Waals surface area (Å²) in [6, 6.07) is 0. The number of hydrogen-bond acceptors (Lipinski definition) is 0. The van der Waals surface area contributed by atoms with E-state index >= 15 is 0 Å². The van der Waals surface area contributed by atoms with Crippen molar-refractivity contribution in [2.45, 2.75) is 87.9 Å². The lowest BCUT2D eigenvalue weighted by Crippen LogP contribution is -2.58. The van der Waals surface area contributed by atoms with Crippen LogP contribution in [0, 0.1) is 0 Å². The van der Waals surface area contributed by atoms with Crippen LogP contribution in [0.4, 0.5) is 17.6 Å². The predicted octanol–water partition coefficient (Wildman–Crippen LogP) is 5.36. The van der Waals surface area contributed by atoms with E-state index in [0.29, 0.717) is 32.1 Å². The summed E-state index contributed by atoms with van der Waals surface area (Å²) in [5, 5.41) is 0. The van der Waals surface area contributed by atoms with E-state index in [0.717, 1.165) is 12.8 Å². The SMILES string of the molecule is FC1(F)CCCCCC1(F)C1(F)CCCCCC1. The molecule has 0 aromatic rings. The maximum atomic E-state index is 14.9. The zero-order chi connectivity index (χ0) is 13.3. The van der Waals surface area contributed by atoms with Crippen molar-refractivity contribution in [1.82, 2.24) is 0 Å². The van der Waals surface area contributed by atoms with Gasteiger partial charge in [-0.05, 0) is 32.1 Å². The Morgan fingerprint density at radius 3 is 1.56 bits per heavy atom. The third-order valence-electron chi connectivity index (χ3n) is 4.70. The number of rotatable bonds is 1. The first kappa shape index (κ1) is 14.1. The molecule has 0 amide bonds. The normalized spacial score (nSPS) is 36.7. The topological polar surface area (TPSA) is 0 Å². The van der Waals surface area contributed by atoms with Crippen LogP contribution in [0.5, 0.6) is 0 Å². The molecular formula is C14H22F4. The molecule has 0 spiro atoms. The number of hydrogen-bond donors (Lipinski definition) is 0. The van der Waals surface area contributed by atoms with Gasteiger partial charge in [-0.3, -0.25) is 0 Å². The molecule has 1 atom stereocenters. The van der Waals surface area contributed by atoms with Crippen LogP contribution < -0.4 is 0 Å². The van der Waals surface area contributed by atoms with Crippen LogP contribution >= 0.6 is 0 Å². The van der Waals surface area contributed by atoms with Gasteiger partial charge in [-0.2, -0.15) is 0 Å². The summed E-state index contributed by atoms with van der Waals surface area (Å²) in [5.41, 5.74) is -5.27. The van der Waals surface area contributed by atoms with Gasteiger partial charge in [0.1, 0.15) is 0 Å². The summed E-state index contributed by atoms with van der Waals surface area (Å²) in [4.78, 5) is 0. The van der Waals surface area contributed by atoms with E-state index in [1.54, 1.807) is 0 Å². The number of alkyl halides is 4. The maximum absolute atomic E-state index is 14.9. The van der Waals surface area contributed by atoms with Gasteiger partial charge in [0.15, 0.2) is 5.67 Å². The van der Waals surface area contributed by atoms with Crippen LogP contribution in [-0.4, -0.2) is 17.3 Å². The average molecular weight is 266 g/mol. The van der Waals surface area contributed by atoms with Crippen LogP contribution in [-0.2, 0) is 0 Å². The Morgan fingerprint density at radius 1 is 0.500 bits per heavy atom. The highest BCUT2D eigenvalue weighted by Gasteiger charge is 2.66. The first-order chi connectivity index (χ1) is 8.41. The minimum Gasteiger partial charge on any atom is -0.240 e. The monoisotopic (exact) mass is 266 g/mol. The predicted molar refractivity (Wildman–Crippen MR) is 63.4 cm³/mol. The number of halogens is 4. The molecule has 0 aromatic carbocycles. The molecule has 1 unspecified atom stereocenters. The van der Waals surface area contributed by atoms with E-state index in [1.165, 1.54) is 0 Å². The van der Waals surface area contributed by atoms with Gasteiger partial charge >= 0.3 is 0 Å². The van der Waals surface area contributed by atoms with Crippen molar-refractivity contribution in [3.63, 3.8) is 0 Å². The molecule has 0 N–H and O–H groups in total. The molecule has 0 nitrogen and oxygen atoms in total. The first-order valence-electron chi connectivity index (χ1n) is 7.17. The fraction of sp³-hybridized carbons (Fsp3) is 1.00. The largest absolute Gasteiger partial charge is 0.284 e. The second-order valence-electron chi connectivity index (χ2n) is 5.95. The quantitative estimate of drug-likeness (QED) is 0.443. The van der Waals surface area contributed by atoms with Crippen molar-refractivity contribution < 1.29 is 17.6 Å². The van der Waals surface area contributed by atoms with Gasteiger partial charge in [0.25, 0.3) is 5.92 Å². The molecule has 0 radical (unpaired) electrons. The summed E-state index contributed by atoms with van der Waals surface area (Å²) in [5.74, 6) is -3.51. The van der Waals surface area contributed by atoms with Crippen LogP contribution in [0.15, 0.2) is 0 Å². The molecule has 0 aromatic heterocycles. The van der Waals surface area contributed by atoms with Gasteiger partial charge in [-0.1, -0.05) is 32.1 Å². The van der Waals surface area contributed by atoms with E-state index in [1.807, 2.05) is 0 Å². The summed E-state index contributed by atoms with van der Waals surface area (Å²) in [6.45, 7) is 0. The molecule has 18 heavy (non-hydrogen) atoms. The fourth-order valence-electron chi connectivity index (χ4n) is 3.51. The van der Waals surface area contributed by atoms with E-state index in [2.05, 4.69) is 0 Å². The van der Waals surface area contributed by atoms with E-state index in [4.69, 9.17) is 0 Å². The Bertz CT molecular complexity index is 282. The van der Waals surface area contributed by atoms with Crippen molar-refractivity contribution in [1.29, 1.82) is 0 Å².